The van der Waals surface area contributed by atoms with Crippen molar-refractivity contribution in [1.82, 2.24) is 10.3 Å². The molecule has 0 aliphatic heterocycles. The van der Waals surface area contributed by atoms with Gasteiger partial charge in [0.1, 0.15) is 11.8 Å². The Morgan fingerprint density at radius 2 is 2.18 bits per heavy atom. The summed E-state index contributed by atoms with van der Waals surface area (Å²) < 4.78 is 23.9. The molecule has 0 aliphatic carbocycles. The van der Waals surface area contributed by atoms with E-state index in [1.807, 2.05) is 0 Å². The Kier molecular flexibility index (Phi) is 4.92. The molecule has 0 saturated carbocycles. The number of hydrogen-bond acceptors (Lipinski definition) is 4. The van der Waals surface area contributed by atoms with Gasteiger partial charge in [-0.1, -0.05) is 6.07 Å². The van der Waals surface area contributed by atoms with Gasteiger partial charge >= 0.3 is 5.97 Å². The van der Waals surface area contributed by atoms with Crippen LogP contribution in [0.3, 0.4) is 0 Å². The van der Waals surface area contributed by atoms with Gasteiger partial charge in [0.25, 0.3) is 6.43 Å². The van der Waals surface area contributed by atoms with Gasteiger partial charge < -0.3 is 15.5 Å². The molecule has 0 fully saturated rings. The van der Waals surface area contributed by atoms with Gasteiger partial charge in [-0.3, -0.25) is 0 Å². The van der Waals surface area contributed by atoms with Crippen LogP contribution >= 0.6 is 0 Å². The molecule has 5 nitrogen and oxygen atoms in total. The van der Waals surface area contributed by atoms with E-state index in [1.54, 1.807) is 6.07 Å². The maximum atomic E-state index is 11.9. The van der Waals surface area contributed by atoms with Gasteiger partial charge in [-0.05, 0) is 12.1 Å². The van der Waals surface area contributed by atoms with Gasteiger partial charge in [-0.15, -0.1) is 0 Å². The van der Waals surface area contributed by atoms with Crippen molar-refractivity contribution in [2.75, 3.05) is 6.54 Å². The average Bonchev–Trinajstić information content (AvgIpc) is 2.29. The van der Waals surface area contributed by atoms with Crippen molar-refractivity contribution >= 4 is 5.97 Å². The molecule has 0 amide bonds. The normalized spacial score (nSPS) is 12.7. The first-order valence-electron chi connectivity index (χ1n) is 4.87. The summed E-state index contributed by atoms with van der Waals surface area (Å²) in [6.07, 6.45) is -4.54. The van der Waals surface area contributed by atoms with Gasteiger partial charge in [-0.2, -0.15) is 0 Å². The first-order chi connectivity index (χ1) is 8.00. The number of carboxylic acids is 1. The Bertz CT molecular complexity index is 388. The number of aliphatic hydroxyl groups excluding tert-OH is 1. The van der Waals surface area contributed by atoms with E-state index >= 15 is 0 Å². The number of nitrogens with one attached hydrogen (secondary N) is 1. The number of hydrogen-bond donors (Lipinski definition) is 3. The minimum atomic E-state index is -2.80. The van der Waals surface area contributed by atoms with E-state index in [9.17, 15) is 13.6 Å². The lowest BCUT2D eigenvalue weighted by atomic mass is 10.3. The van der Waals surface area contributed by atoms with Gasteiger partial charge in [0.2, 0.25) is 0 Å². The van der Waals surface area contributed by atoms with Crippen LogP contribution in [0.2, 0.25) is 0 Å². The van der Waals surface area contributed by atoms with E-state index in [4.69, 9.17) is 10.2 Å². The van der Waals surface area contributed by atoms with Gasteiger partial charge in [0.15, 0.2) is 0 Å². The lowest BCUT2D eigenvalue weighted by Gasteiger charge is -2.10. The lowest BCUT2D eigenvalue weighted by molar-refractivity contribution is -0.00344. The van der Waals surface area contributed by atoms with Crippen LogP contribution in [0, 0.1) is 0 Å². The smallest absolute Gasteiger partial charge is 0.354 e. The van der Waals surface area contributed by atoms with Crippen molar-refractivity contribution in [3.63, 3.8) is 0 Å². The summed E-state index contributed by atoms with van der Waals surface area (Å²) in [4.78, 5) is 14.4. The Balaban J connectivity index is 2.47. The summed E-state index contributed by atoms with van der Waals surface area (Å²) in [7, 11) is 0. The molecule has 3 N–H and O–H groups in total. The molecule has 1 aromatic heterocycles. The maximum absolute atomic E-state index is 11.9. The van der Waals surface area contributed by atoms with E-state index in [0.29, 0.717) is 5.69 Å². The second-order valence-electron chi connectivity index (χ2n) is 3.35. The Hall–Kier alpha value is -1.60. The van der Waals surface area contributed by atoms with E-state index in [1.165, 1.54) is 12.1 Å². The second-order valence-corrected chi connectivity index (χ2v) is 3.35. The molecule has 1 aromatic rings. The summed E-state index contributed by atoms with van der Waals surface area (Å²) in [5, 5.41) is 20.1. The molecule has 1 atom stereocenters. The van der Waals surface area contributed by atoms with Crippen LogP contribution in [0.25, 0.3) is 0 Å². The Labute approximate surface area is 96.1 Å². The number of aromatic nitrogens is 1. The van der Waals surface area contributed by atoms with Crippen LogP contribution in [0.15, 0.2) is 18.2 Å². The zero-order valence-electron chi connectivity index (χ0n) is 8.81. The summed E-state index contributed by atoms with van der Waals surface area (Å²) in [6, 6.07) is 4.41. The number of aromatic carboxylic acids is 1. The first kappa shape index (κ1) is 13.5. The number of nitrogens with zero attached hydrogens (tertiary/aromatic N) is 1. The van der Waals surface area contributed by atoms with Crippen LogP contribution in [0.5, 0.6) is 0 Å². The molecular weight excluding hydrogens is 234 g/mol. The molecule has 94 valence electrons. The zero-order chi connectivity index (χ0) is 12.8. The molecule has 0 bridgehead atoms. The largest absolute Gasteiger partial charge is 0.477 e. The van der Waals surface area contributed by atoms with Crippen molar-refractivity contribution in [3.05, 3.63) is 29.6 Å². The SMILES string of the molecule is O=C(O)c1cccc(CNCC(O)C(F)F)n1. The summed E-state index contributed by atoms with van der Waals surface area (Å²) in [6.45, 7) is -0.165. The molecule has 1 rings (SSSR count). The van der Waals surface area contributed by atoms with Crippen molar-refractivity contribution in [2.45, 2.75) is 19.1 Å². The fourth-order valence-electron chi connectivity index (χ4n) is 1.13. The van der Waals surface area contributed by atoms with Gasteiger partial charge in [0, 0.05) is 13.1 Å². The monoisotopic (exact) mass is 246 g/mol. The highest BCUT2D eigenvalue weighted by Gasteiger charge is 2.15. The predicted octanol–water partition coefficient (Wildman–Crippen LogP) is 0.495. The highest BCUT2D eigenvalue weighted by atomic mass is 19.3. The number of carboxylic acid groups (broad SMARTS) is 1. The summed E-state index contributed by atoms with van der Waals surface area (Å²) in [5.41, 5.74) is 0.296. The molecule has 0 radical (unpaired) electrons. The number of halogens is 2. The average molecular weight is 246 g/mol. The third-order valence-corrected chi connectivity index (χ3v) is 1.98. The fourth-order valence-corrected chi connectivity index (χ4v) is 1.13. The number of alkyl halides is 2. The number of pyridine rings is 1. The van der Waals surface area contributed by atoms with Crippen LogP contribution < -0.4 is 5.32 Å². The Morgan fingerprint density at radius 1 is 1.47 bits per heavy atom. The highest BCUT2D eigenvalue weighted by molar-refractivity contribution is 5.85. The van der Waals surface area contributed by atoms with E-state index in [0.717, 1.165) is 0 Å². The standard InChI is InChI=1S/C10H12F2N2O3/c11-9(12)8(15)5-13-4-6-2-1-3-7(14-6)10(16)17/h1-3,8-9,13,15H,4-5H2,(H,16,17). The number of rotatable bonds is 6. The predicted molar refractivity (Wildman–Crippen MR) is 54.9 cm³/mol. The lowest BCUT2D eigenvalue weighted by Crippen LogP contribution is -2.31. The van der Waals surface area contributed by atoms with E-state index in [-0.39, 0.29) is 18.8 Å². The molecule has 7 heteroatoms. The molecule has 17 heavy (non-hydrogen) atoms. The molecule has 0 aliphatic rings. The van der Waals surface area contributed by atoms with Crippen molar-refractivity contribution < 1.29 is 23.8 Å². The molecule has 0 saturated heterocycles. The maximum Gasteiger partial charge on any atom is 0.354 e. The zero-order valence-corrected chi connectivity index (χ0v) is 8.81. The number of aliphatic hydroxyl groups is 1. The van der Waals surface area contributed by atoms with Crippen molar-refractivity contribution in [3.8, 4) is 0 Å². The van der Waals surface area contributed by atoms with Gasteiger partial charge in [-0.25, -0.2) is 18.6 Å². The van der Waals surface area contributed by atoms with Crippen LogP contribution in [0.4, 0.5) is 8.78 Å². The molecule has 0 spiro atoms. The third-order valence-electron chi connectivity index (χ3n) is 1.98. The van der Waals surface area contributed by atoms with Gasteiger partial charge in [0.05, 0.1) is 5.69 Å². The first-order valence-corrected chi connectivity index (χ1v) is 4.87. The van der Waals surface area contributed by atoms with E-state index in [2.05, 4.69) is 10.3 Å². The minimum Gasteiger partial charge on any atom is -0.477 e. The van der Waals surface area contributed by atoms with Crippen LogP contribution in [0.1, 0.15) is 16.2 Å². The second kappa shape index (κ2) is 6.21. The number of carbonyl (C=O) groups is 1. The topological polar surface area (TPSA) is 82.5 Å². The molecular formula is C10H12F2N2O3. The van der Waals surface area contributed by atoms with Crippen molar-refractivity contribution in [2.24, 2.45) is 0 Å². The van der Waals surface area contributed by atoms with Crippen LogP contribution in [-0.4, -0.2) is 40.2 Å². The van der Waals surface area contributed by atoms with Crippen LogP contribution in [-0.2, 0) is 6.54 Å². The Morgan fingerprint density at radius 3 is 2.76 bits per heavy atom. The minimum absolute atomic E-state index is 0.112. The summed E-state index contributed by atoms with van der Waals surface area (Å²) in [5.74, 6) is -1.15. The molecule has 1 unspecified atom stereocenters. The highest BCUT2D eigenvalue weighted by Crippen LogP contribution is 2.01. The quantitative estimate of drug-likeness (QED) is 0.680. The van der Waals surface area contributed by atoms with E-state index < -0.39 is 18.5 Å². The summed E-state index contributed by atoms with van der Waals surface area (Å²) >= 11 is 0. The molecule has 1 heterocycles. The van der Waals surface area contributed by atoms with Crippen molar-refractivity contribution in [1.29, 1.82) is 0 Å². The fraction of sp³-hybridized carbons (Fsp3) is 0.400. The molecule has 0 aromatic carbocycles. The third kappa shape index (κ3) is 4.41.